The third-order valence-corrected chi connectivity index (χ3v) is 3.21. The molecule has 0 saturated heterocycles. The van der Waals surface area contributed by atoms with Crippen LogP contribution in [0.4, 0.5) is 0 Å². The summed E-state index contributed by atoms with van der Waals surface area (Å²) in [5.74, 6) is 0. The van der Waals surface area contributed by atoms with Crippen LogP contribution in [0.1, 0.15) is 17.0 Å². The molecular formula is C17H17N3O. The standard InChI is InChI=1S/C17H17N3O/c1-3-8-18-16(5-1)12-20(11-15-7-10-21-14-15)13-17-6-2-4-9-19-17/h1-10,14H,11-13H2. The minimum Gasteiger partial charge on any atom is -0.472 e. The lowest BCUT2D eigenvalue weighted by Gasteiger charge is -2.20. The predicted molar refractivity (Wildman–Crippen MR) is 80.1 cm³/mol. The summed E-state index contributed by atoms with van der Waals surface area (Å²) in [5, 5.41) is 0. The molecule has 0 saturated carbocycles. The molecule has 3 aromatic heterocycles. The molecule has 0 aliphatic carbocycles. The van der Waals surface area contributed by atoms with E-state index in [1.54, 1.807) is 12.5 Å². The van der Waals surface area contributed by atoms with Crippen LogP contribution in [0.15, 0.2) is 71.8 Å². The first kappa shape index (κ1) is 13.5. The highest BCUT2D eigenvalue weighted by Gasteiger charge is 2.10. The second-order valence-corrected chi connectivity index (χ2v) is 4.92. The Kier molecular flexibility index (Phi) is 4.39. The Labute approximate surface area is 124 Å². The molecule has 0 spiro atoms. The Morgan fingerprint density at radius 1 is 0.810 bits per heavy atom. The average Bonchev–Trinajstić information content (AvgIpc) is 3.02. The van der Waals surface area contributed by atoms with E-state index in [9.17, 15) is 0 Å². The summed E-state index contributed by atoms with van der Waals surface area (Å²) in [5.41, 5.74) is 3.26. The van der Waals surface area contributed by atoms with Crippen molar-refractivity contribution in [3.63, 3.8) is 0 Å². The first-order chi connectivity index (χ1) is 10.4. The number of aromatic nitrogens is 2. The van der Waals surface area contributed by atoms with E-state index in [1.165, 1.54) is 0 Å². The van der Waals surface area contributed by atoms with Gasteiger partial charge < -0.3 is 4.42 Å². The van der Waals surface area contributed by atoms with Crippen molar-refractivity contribution in [3.8, 4) is 0 Å². The van der Waals surface area contributed by atoms with Gasteiger partial charge in [-0.1, -0.05) is 12.1 Å². The van der Waals surface area contributed by atoms with Crippen LogP contribution in [0.25, 0.3) is 0 Å². The predicted octanol–water partition coefficient (Wildman–Crippen LogP) is 3.27. The van der Waals surface area contributed by atoms with Gasteiger partial charge in [0.15, 0.2) is 0 Å². The molecule has 0 bridgehead atoms. The first-order valence-corrected chi connectivity index (χ1v) is 6.93. The van der Waals surface area contributed by atoms with Gasteiger partial charge in [0.05, 0.1) is 23.9 Å². The molecule has 0 fully saturated rings. The maximum Gasteiger partial charge on any atom is 0.0947 e. The van der Waals surface area contributed by atoms with E-state index in [1.807, 2.05) is 54.9 Å². The lowest BCUT2D eigenvalue weighted by atomic mass is 10.2. The number of nitrogens with zero attached hydrogens (tertiary/aromatic N) is 3. The summed E-state index contributed by atoms with van der Waals surface area (Å²) < 4.78 is 5.16. The number of hydrogen-bond donors (Lipinski definition) is 0. The van der Waals surface area contributed by atoms with Crippen LogP contribution < -0.4 is 0 Å². The number of furan rings is 1. The SMILES string of the molecule is c1ccc(CN(Cc2ccoc2)Cc2ccccn2)nc1. The van der Waals surface area contributed by atoms with Crippen LogP contribution in [0, 0.1) is 0 Å². The third-order valence-electron chi connectivity index (χ3n) is 3.21. The second-order valence-electron chi connectivity index (χ2n) is 4.92. The Bertz CT molecular complexity index is 597. The van der Waals surface area contributed by atoms with Gasteiger partial charge in [-0.25, -0.2) is 0 Å². The molecule has 0 radical (unpaired) electrons. The fourth-order valence-electron chi connectivity index (χ4n) is 2.25. The molecule has 4 nitrogen and oxygen atoms in total. The second kappa shape index (κ2) is 6.81. The molecule has 0 unspecified atom stereocenters. The van der Waals surface area contributed by atoms with Crippen molar-refractivity contribution in [1.29, 1.82) is 0 Å². The Balaban J connectivity index is 1.74. The molecule has 0 amide bonds. The molecule has 21 heavy (non-hydrogen) atoms. The van der Waals surface area contributed by atoms with E-state index >= 15 is 0 Å². The molecule has 0 aliphatic heterocycles. The van der Waals surface area contributed by atoms with Gasteiger partial charge in [0.25, 0.3) is 0 Å². The lowest BCUT2D eigenvalue weighted by Crippen LogP contribution is -2.23. The Morgan fingerprint density at radius 3 is 1.95 bits per heavy atom. The fourth-order valence-corrected chi connectivity index (χ4v) is 2.25. The summed E-state index contributed by atoms with van der Waals surface area (Å²) >= 11 is 0. The highest BCUT2D eigenvalue weighted by molar-refractivity contribution is 5.09. The average molecular weight is 279 g/mol. The van der Waals surface area contributed by atoms with Gasteiger partial charge in [-0.3, -0.25) is 14.9 Å². The van der Waals surface area contributed by atoms with E-state index < -0.39 is 0 Å². The molecule has 0 aliphatic rings. The Morgan fingerprint density at radius 2 is 1.48 bits per heavy atom. The van der Waals surface area contributed by atoms with Crippen molar-refractivity contribution in [2.75, 3.05) is 0 Å². The summed E-state index contributed by atoms with van der Waals surface area (Å²) in [6.07, 6.45) is 7.14. The first-order valence-electron chi connectivity index (χ1n) is 6.93. The van der Waals surface area contributed by atoms with Crippen LogP contribution >= 0.6 is 0 Å². The van der Waals surface area contributed by atoms with Gasteiger partial charge in [0.1, 0.15) is 0 Å². The Hall–Kier alpha value is -2.46. The van der Waals surface area contributed by atoms with E-state index in [-0.39, 0.29) is 0 Å². The minimum atomic E-state index is 0.780. The van der Waals surface area contributed by atoms with Gasteiger partial charge in [-0.05, 0) is 30.3 Å². The molecule has 3 heterocycles. The maximum absolute atomic E-state index is 5.16. The molecule has 3 rings (SSSR count). The summed E-state index contributed by atoms with van der Waals surface area (Å²) in [4.78, 5) is 11.1. The number of hydrogen-bond acceptors (Lipinski definition) is 4. The van der Waals surface area contributed by atoms with E-state index in [0.717, 1.165) is 36.6 Å². The molecule has 0 aromatic carbocycles. The molecule has 0 N–H and O–H groups in total. The minimum absolute atomic E-state index is 0.780. The molecular weight excluding hydrogens is 262 g/mol. The van der Waals surface area contributed by atoms with Gasteiger partial charge in [0.2, 0.25) is 0 Å². The van der Waals surface area contributed by atoms with Gasteiger partial charge >= 0.3 is 0 Å². The van der Waals surface area contributed by atoms with Crippen LogP contribution in [-0.4, -0.2) is 14.9 Å². The zero-order chi connectivity index (χ0) is 14.3. The summed E-state index contributed by atoms with van der Waals surface area (Å²) in [6, 6.07) is 14.0. The lowest BCUT2D eigenvalue weighted by molar-refractivity contribution is 0.241. The van der Waals surface area contributed by atoms with Crippen LogP contribution in [-0.2, 0) is 19.6 Å². The third kappa shape index (κ3) is 4.00. The molecule has 106 valence electrons. The number of pyridine rings is 2. The van der Waals surface area contributed by atoms with Gasteiger partial charge in [0, 0.05) is 37.6 Å². The van der Waals surface area contributed by atoms with E-state index in [4.69, 9.17) is 4.42 Å². The van der Waals surface area contributed by atoms with Crippen LogP contribution in [0.3, 0.4) is 0 Å². The summed E-state index contributed by atoms with van der Waals surface area (Å²) in [7, 11) is 0. The van der Waals surface area contributed by atoms with Crippen LogP contribution in [0.5, 0.6) is 0 Å². The van der Waals surface area contributed by atoms with Crippen molar-refractivity contribution in [3.05, 3.63) is 84.3 Å². The van der Waals surface area contributed by atoms with Crippen molar-refractivity contribution in [2.24, 2.45) is 0 Å². The quantitative estimate of drug-likeness (QED) is 0.694. The van der Waals surface area contributed by atoms with Crippen LogP contribution in [0.2, 0.25) is 0 Å². The topological polar surface area (TPSA) is 42.2 Å². The number of rotatable bonds is 6. The molecule has 4 heteroatoms. The highest BCUT2D eigenvalue weighted by atomic mass is 16.3. The normalized spacial score (nSPS) is 10.9. The van der Waals surface area contributed by atoms with Gasteiger partial charge in [-0.15, -0.1) is 0 Å². The highest BCUT2D eigenvalue weighted by Crippen LogP contribution is 2.12. The van der Waals surface area contributed by atoms with E-state index in [0.29, 0.717) is 0 Å². The summed E-state index contributed by atoms with van der Waals surface area (Å²) in [6.45, 7) is 2.37. The zero-order valence-corrected chi connectivity index (χ0v) is 11.7. The molecule has 3 aromatic rings. The fraction of sp³-hybridized carbons (Fsp3) is 0.176. The van der Waals surface area contributed by atoms with Crippen molar-refractivity contribution in [2.45, 2.75) is 19.6 Å². The zero-order valence-electron chi connectivity index (χ0n) is 11.7. The van der Waals surface area contributed by atoms with Crippen molar-refractivity contribution in [1.82, 2.24) is 14.9 Å². The van der Waals surface area contributed by atoms with Crippen molar-refractivity contribution < 1.29 is 4.42 Å². The monoisotopic (exact) mass is 279 g/mol. The largest absolute Gasteiger partial charge is 0.472 e. The van der Waals surface area contributed by atoms with Gasteiger partial charge in [-0.2, -0.15) is 0 Å². The smallest absolute Gasteiger partial charge is 0.0947 e. The molecule has 0 atom stereocenters. The maximum atomic E-state index is 5.16. The van der Waals surface area contributed by atoms with E-state index in [2.05, 4.69) is 14.9 Å². The van der Waals surface area contributed by atoms with Crippen molar-refractivity contribution >= 4 is 0 Å².